The van der Waals surface area contributed by atoms with Gasteiger partial charge in [-0.3, -0.25) is 0 Å². The van der Waals surface area contributed by atoms with Crippen LogP contribution in [0.25, 0.3) is 6.08 Å². The molecule has 3 saturated carbocycles. The van der Waals surface area contributed by atoms with Gasteiger partial charge in [0.2, 0.25) is 0 Å². The maximum absolute atomic E-state index is 12.4. The predicted molar refractivity (Wildman–Crippen MR) is 163 cm³/mol. The first kappa shape index (κ1) is 30.1. The summed E-state index contributed by atoms with van der Waals surface area (Å²) in [6, 6.07) is 8.45. The zero-order valence-electron chi connectivity index (χ0n) is 26.2. The third-order valence-electron chi connectivity index (χ3n) is 11.8. The van der Waals surface area contributed by atoms with E-state index in [4.69, 9.17) is 14.2 Å². The van der Waals surface area contributed by atoms with Gasteiger partial charge >= 0.3 is 5.97 Å². The van der Waals surface area contributed by atoms with E-state index in [0.717, 1.165) is 50.5 Å². The van der Waals surface area contributed by atoms with Crippen molar-refractivity contribution in [1.82, 2.24) is 0 Å². The molecule has 1 aromatic rings. The van der Waals surface area contributed by atoms with E-state index >= 15 is 0 Å². The summed E-state index contributed by atoms with van der Waals surface area (Å²) in [5.74, 6) is -0.232. The van der Waals surface area contributed by atoms with Crippen molar-refractivity contribution in [2.24, 2.45) is 22.7 Å². The molecule has 4 aliphatic carbocycles. The summed E-state index contributed by atoms with van der Waals surface area (Å²) in [6.07, 6.45) is 10.4. The number of hydrogen-bond acceptors (Lipinski definition) is 6. The number of ether oxygens (including phenoxy) is 3. The Morgan fingerprint density at radius 1 is 1.07 bits per heavy atom. The number of allylic oxidation sites excluding steroid dienone is 1. The molecule has 1 aliphatic heterocycles. The molecule has 5 unspecified atom stereocenters. The maximum atomic E-state index is 12.4. The molecule has 4 fully saturated rings. The van der Waals surface area contributed by atoms with Crippen LogP contribution < -0.4 is 0 Å². The molecule has 6 rings (SSSR count). The Hall–Kier alpha value is -1.99. The fourth-order valence-electron chi connectivity index (χ4n) is 9.46. The molecule has 0 aromatic heterocycles. The second-order valence-electron chi connectivity index (χ2n) is 14.9. The molecule has 0 radical (unpaired) electrons. The van der Waals surface area contributed by atoms with Crippen LogP contribution in [0.1, 0.15) is 109 Å². The van der Waals surface area contributed by atoms with Crippen LogP contribution in [0.3, 0.4) is 0 Å². The molecule has 6 heteroatoms. The van der Waals surface area contributed by atoms with E-state index in [1.54, 1.807) is 6.92 Å². The lowest BCUT2D eigenvalue weighted by Crippen LogP contribution is -2.58. The summed E-state index contributed by atoms with van der Waals surface area (Å²) in [7, 11) is 0. The van der Waals surface area contributed by atoms with Crippen LogP contribution in [0.4, 0.5) is 0 Å². The molecule has 6 nitrogen and oxygen atoms in total. The number of rotatable bonds is 5. The van der Waals surface area contributed by atoms with Crippen LogP contribution in [-0.4, -0.2) is 53.0 Å². The van der Waals surface area contributed by atoms with E-state index in [-0.39, 0.29) is 22.7 Å². The quantitative estimate of drug-likeness (QED) is 0.230. The monoisotopic (exact) mass is 578 g/mol. The van der Waals surface area contributed by atoms with Crippen LogP contribution in [0.5, 0.6) is 0 Å². The highest BCUT2D eigenvalue weighted by Crippen LogP contribution is 2.68. The zero-order valence-corrected chi connectivity index (χ0v) is 26.2. The molecule has 6 atom stereocenters. The SMILES string of the molecule is CCOC(=O)/C=C/c1cccc([C@H]2CC3(C)C(CCC3(O)CC)C3CCC4(O)CC5(CCC4=C32)OCC(C)(C)CO5)c1. The van der Waals surface area contributed by atoms with Gasteiger partial charge in [0.1, 0.15) is 0 Å². The van der Waals surface area contributed by atoms with Gasteiger partial charge in [-0.1, -0.05) is 57.5 Å². The standard InChI is InChI=1S/C36H50O6/c1-6-35(39)17-14-28-26-13-16-34(38)21-36(41-22-32(3,4)23-42-36)18-15-29(34)31(26)27(20-33(28,35)5)25-10-8-9-24(19-25)11-12-30(37)40-7-2/h8-12,19,26-28,38-39H,6-7,13-18,20-23H2,1-5H3/b12-11+/t26?,27-,28?,33?,34?,35?/m1/s1. The van der Waals surface area contributed by atoms with Gasteiger partial charge in [-0.05, 0) is 86.5 Å². The lowest BCUT2D eigenvalue weighted by Gasteiger charge is -2.58. The molecule has 1 spiro atoms. The van der Waals surface area contributed by atoms with Crippen molar-refractivity contribution >= 4 is 12.0 Å². The van der Waals surface area contributed by atoms with Gasteiger partial charge in [0, 0.05) is 35.7 Å². The topological polar surface area (TPSA) is 85.2 Å². The van der Waals surface area contributed by atoms with Crippen LogP contribution in [-0.2, 0) is 19.0 Å². The minimum atomic E-state index is -0.946. The van der Waals surface area contributed by atoms with E-state index < -0.39 is 17.0 Å². The van der Waals surface area contributed by atoms with Crippen molar-refractivity contribution in [3.8, 4) is 0 Å². The van der Waals surface area contributed by atoms with Crippen molar-refractivity contribution < 1.29 is 29.2 Å². The maximum Gasteiger partial charge on any atom is 0.330 e. The third-order valence-corrected chi connectivity index (χ3v) is 11.8. The van der Waals surface area contributed by atoms with Crippen LogP contribution in [0, 0.1) is 22.7 Å². The summed E-state index contributed by atoms with van der Waals surface area (Å²) in [4.78, 5) is 12.0. The van der Waals surface area contributed by atoms with Crippen LogP contribution in [0.15, 0.2) is 41.5 Å². The summed E-state index contributed by atoms with van der Waals surface area (Å²) in [5, 5.41) is 24.4. The second kappa shape index (κ2) is 10.6. The van der Waals surface area contributed by atoms with Crippen molar-refractivity contribution in [2.75, 3.05) is 19.8 Å². The van der Waals surface area contributed by atoms with E-state index in [0.29, 0.717) is 44.5 Å². The van der Waals surface area contributed by atoms with Gasteiger partial charge in [-0.2, -0.15) is 0 Å². The molecule has 0 bridgehead atoms. The molecule has 42 heavy (non-hydrogen) atoms. The Bertz CT molecular complexity index is 1270. The van der Waals surface area contributed by atoms with Crippen molar-refractivity contribution in [3.05, 3.63) is 52.6 Å². The molecular weight excluding hydrogens is 528 g/mol. The van der Waals surface area contributed by atoms with Crippen LogP contribution in [0.2, 0.25) is 0 Å². The minimum absolute atomic E-state index is 0.0194. The van der Waals surface area contributed by atoms with Gasteiger partial charge < -0.3 is 24.4 Å². The van der Waals surface area contributed by atoms with Crippen molar-refractivity contribution in [2.45, 2.75) is 115 Å². The molecule has 2 N–H and O–H groups in total. The lowest BCUT2D eigenvalue weighted by atomic mass is 9.49. The molecule has 230 valence electrons. The fraction of sp³-hybridized carbons (Fsp3) is 0.694. The molecule has 1 saturated heterocycles. The number of fused-ring (bicyclic) bond motifs is 4. The normalized spacial score (nSPS) is 38.7. The fourth-order valence-corrected chi connectivity index (χ4v) is 9.46. The largest absolute Gasteiger partial charge is 0.463 e. The van der Waals surface area contributed by atoms with Crippen molar-refractivity contribution in [1.29, 1.82) is 0 Å². The van der Waals surface area contributed by atoms with Gasteiger partial charge in [0.05, 0.1) is 31.0 Å². The molecule has 1 aromatic carbocycles. The summed E-state index contributed by atoms with van der Waals surface area (Å²) < 4.78 is 17.9. The zero-order chi connectivity index (χ0) is 30.0. The Balaban J connectivity index is 1.41. The van der Waals surface area contributed by atoms with Crippen molar-refractivity contribution in [3.63, 3.8) is 0 Å². The Kier molecular flexibility index (Phi) is 7.57. The average Bonchev–Trinajstić information content (AvgIpc) is 3.23. The molecule has 0 amide bonds. The Labute approximate surface area is 251 Å². The highest BCUT2D eigenvalue weighted by Gasteiger charge is 2.64. The van der Waals surface area contributed by atoms with E-state index in [1.807, 2.05) is 12.1 Å². The first-order chi connectivity index (χ1) is 19.9. The Morgan fingerprint density at radius 3 is 2.55 bits per heavy atom. The number of benzene rings is 1. The summed E-state index contributed by atoms with van der Waals surface area (Å²) in [5.41, 5.74) is 2.89. The predicted octanol–water partition coefficient (Wildman–Crippen LogP) is 6.70. The molecule has 1 heterocycles. The molecular formula is C36H50O6. The first-order valence-electron chi connectivity index (χ1n) is 16.3. The van der Waals surface area contributed by atoms with Crippen LogP contribution >= 0.6 is 0 Å². The Morgan fingerprint density at radius 2 is 1.83 bits per heavy atom. The number of aliphatic hydroxyl groups is 2. The van der Waals surface area contributed by atoms with Gasteiger partial charge in [0.25, 0.3) is 0 Å². The number of carbonyl (C=O) groups is 1. The minimum Gasteiger partial charge on any atom is -0.463 e. The lowest BCUT2D eigenvalue weighted by molar-refractivity contribution is -0.322. The van der Waals surface area contributed by atoms with E-state index in [9.17, 15) is 15.0 Å². The second-order valence-corrected chi connectivity index (χ2v) is 14.9. The highest BCUT2D eigenvalue weighted by molar-refractivity contribution is 5.87. The van der Waals surface area contributed by atoms with Gasteiger partial charge in [-0.25, -0.2) is 4.79 Å². The summed E-state index contributed by atoms with van der Waals surface area (Å²) in [6.45, 7) is 12.2. The smallest absolute Gasteiger partial charge is 0.330 e. The molecule has 5 aliphatic rings. The number of esters is 1. The van der Waals surface area contributed by atoms with Gasteiger partial charge in [0.15, 0.2) is 5.79 Å². The van der Waals surface area contributed by atoms with Gasteiger partial charge in [-0.15, -0.1) is 0 Å². The number of carbonyl (C=O) groups excluding carboxylic acids is 1. The van der Waals surface area contributed by atoms with E-state index in [2.05, 4.69) is 45.9 Å². The number of hydrogen-bond donors (Lipinski definition) is 2. The summed E-state index contributed by atoms with van der Waals surface area (Å²) >= 11 is 0. The average molecular weight is 579 g/mol. The first-order valence-corrected chi connectivity index (χ1v) is 16.3. The van der Waals surface area contributed by atoms with E-state index in [1.165, 1.54) is 22.8 Å². The third kappa shape index (κ3) is 4.91. The highest BCUT2D eigenvalue weighted by atomic mass is 16.7.